The monoisotopic (exact) mass is 1710 g/mol. The number of nitrogens with two attached hydrogens (primary N) is 8. The minimum absolute atomic E-state index is 0.00900. The van der Waals surface area contributed by atoms with Crippen LogP contribution >= 0.6 is 0 Å². The first-order valence-electron chi connectivity index (χ1n) is 39.6. The number of phenols is 2. The van der Waals surface area contributed by atoms with Gasteiger partial charge in [-0.3, -0.25) is 73.1 Å². The molecule has 0 aliphatic rings. The molecule has 2 aromatic carbocycles. The first-order chi connectivity index (χ1) is 56.8. The first kappa shape index (κ1) is 104. The number of amides is 19. The second-order valence-electron chi connectivity index (χ2n) is 30.1. The number of guanidine groups is 2. The maximum atomic E-state index is 14.9. The number of hydrogen-bond donors (Lipinski definition) is 29. The topological polar surface area (TPSA) is 799 Å². The van der Waals surface area contributed by atoms with Crippen molar-refractivity contribution < 1.29 is 96.8 Å². The molecule has 0 unspecified atom stereocenters. The molecule has 0 saturated heterocycles. The van der Waals surface area contributed by atoms with E-state index in [4.69, 9.17) is 56.7 Å². The third-order valence-corrected chi connectivity index (χ3v) is 18.3. The summed E-state index contributed by atoms with van der Waals surface area (Å²) in [5.41, 5.74) is 44.6. The average Bonchev–Trinajstić information content (AvgIpc) is 0.847. The van der Waals surface area contributed by atoms with Crippen LogP contribution in [-0.4, -0.2) is 233 Å². The van der Waals surface area contributed by atoms with Crippen LogP contribution in [0.15, 0.2) is 48.5 Å². The van der Waals surface area contributed by atoms with E-state index in [9.17, 15) is 96.8 Å². The van der Waals surface area contributed by atoms with Gasteiger partial charge in [0.2, 0.25) is 76.8 Å². The van der Waals surface area contributed by atoms with Crippen molar-refractivity contribution in [2.75, 3.05) is 32.7 Å². The highest BCUT2D eigenvalue weighted by Gasteiger charge is 2.38. The van der Waals surface area contributed by atoms with Crippen LogP contribution in [-0.2, 0) is 80.0 Å². The van der Waals surface area contributed by atoms with Crippen molar-refractivity contribution in [2.45, 2.75) is 230 Å². The van der Waals surface area contributed by atoms with Crippen molar-refractivity contribution in [3.63, 3.8) is 0 Å². The van der Waals surface area contributed by atoms with Crippen molar-refractivity contribution in [3.8, 4) is 11.5 Å². The third-order valence-electron chi connectivity index (χ3n) is 18.3. The molecule has 0 radical (unpaired) electrons. The molecule has 46 heteroatoms. The Morgan fingerprint density at radius 3 is 0.876 bits per heavy atom. The summed E-state index contributed by atoms with van der Waals surface area (Å²) < 4.78 is 0. The Bertz CT molecular complexity index is 3840. The second kappa shape index (κ2) is 54.8. The smallest absolute Gasteiger partial charge is 0.326 e. The number of aliphatic carboxylic acids is 1. The molecule has 37 N–H and O–H groups in total. The van der Waals surface area contributed by atoms with Gasteiger partial charge in [0.1, 0.15) is 78.0 Å². The van der Waals surface area contributed by atoms with Crippen LogP contribution < -0.4 is 131 Å². The number of carboxylic acids is 1. The Hall–Kier alpha value is -13.1. The number of carboxylic acid groups (broad SMARTS) is 1. The predicted octanol–water partition coefficient (Wildman–Crippen LogP) is -6.22. The van der Waals surface area contributed by atoms with E-state index in [-0.39, 0.29) is 146 Å². The quantitative estimate of drug-likeness (QED) is 0.0166. The molecule has 0 aliphatic carbocycles. The molecule has 19 amide bonds. The number of primary amides is 5. The predicted molar refractivity (Wildman–Crippen MR) is 440 cm³/mol. The van der Waals surface area contributed by atoms with Crippen molar-refractivity contribution >= 4 is 113 Å². The number of hydrogen-bond acceptors (Lipinski definition) is 22. The normalized spacial score (nSPS) is 14.0. The molecule has 46 nitrogen and oxygen atoms in total. The Labute approximate surface area is 699 Å². The molecule has 674 valence electrons. The highest BCUT2D eigenvalue weighted by molar-refractivity contribution is 6.00. The van der Waals surface area contributed by atoms with Crippen LogP contribution in [0.1, 0.15) is 155 Å². The summed E-state index contributed by atoms with van der Waals surface area (Å²) >= 11 is 0. The van der Waals surface area contributed by atoms with Crippen molar-refractivity contribution in [3.05, 3.63) is 59.7 Å². The van der Waals surface area contributed by atoms with Gasteiger partial charge in [-0.25, -0.2) is 19.2 Å². The van der Waals surface area contributed by atoms with E-state index >= 15 is 0 Å². The van der Waals surface area contributed by atoms with E-state index in [0.717, 1.165) is 0 Å². The lowest BCUT2D eigenvalue weighted by atomic mass is 9.98. The van der Waals surface area contributed by atoms with Crippen LogP contribution in [0.4, 0.5) is 14.4 Å². The van der Waals surface area contributed by atoms with Gasteiger partial charge in [-0.2, -0.15) is 0 Å². The largest absolute Gasteiger partial charge is 0.508 e. The Balaban J connectivity index is 2.76. The molecule has 0 aliphatic heterocycles. The van der Waals surface area contributed by atoms with Gasteiger partial charge in [0.05, 0.1) is 6.04 Å². The van der Waals surface area contributed by atoms with Crippen LogP contribution in [0.5, 0.6) is 11.5 Å². The molecule has 2 aromatic rings. The number of urea groups is 3. The zero-order valence-corrected chi connectivity index (χ0v) is 68.9. The molecule has 2 rings (SSSR count). The van der Waals surface area contributed by atoms with Gasteiger partial charge in [-0.1, -0.05) is 65.8 Å². The maximum Gasteiger partial charge on any atom is 0.326 e. The number of nitrogens with one attached hydrogen (secondary N) is 18. The van der Waals surface area contributed by atoms with Crippen molar-refractivity contribution in [1.82, 2.24) is 85.1 Å². The standard InChI is InChI=1S/C75H124N26O20/c1-38(2)34-52(98-67(114)54(36-41-17-21-43(102)22-18-41)99-69(116)58(40(5)6)101-68(115)53(35-39(3)4)97-59(106)45(76)25-27-56(77)104)66(113)96-51(26-28-57(78)105)65(112)95-49(16-11-33-90-75(85)121)63(110)93-48(15-10-32-89-74(84)120)62(109)92-47(14-9-31-88-73(83)119)61(108)91-46(12-7-29-86-71(79)80)60(107)94-50(13-8-30-87-72(81)82)64(111)100-55(70(117)118)37-42-19-23-44(103)24-20-42/h17-24,38-40,45-55,58,102-103H,7-16,25-37,76H2,1-6H3,(H2,77,104)(H2,78,105)(H,91,108)(H,92,109)(H,93,110)(H,94,107)(H,95,112)(H,96,113)(H,97,106)(H,98,114)(H,99,116)(H,100,111)(H,101,115)(H,117,118)(H4,79,80,86)(H4,81,82,87)(H3,83,88,119)(H3,84,89,120)(H3,85,90,121)/t45-,46-,47-,48-,49-,50-,51-,52-,53-,54-,55-,58-/m0/s1. The van der Waals surface area contributed by atoms with Gasteiger partial charge in [-0.05, 0) is 143 Å². The summed E-state index contributed by atoms with van der Waals surface area (Å²) in [5, 5.41) is 85.8. The van der Waals surface area contributed by atoms with E-state index in [1.165, 1.54) is 48.5 Å². The highest BCUT2D eigenvalue weighted by atomic mass is 16.4. The van der Waals surface area contributed by atoms with Gasteiger partial charge >= 0.3 is 24.1 Å². The molecule has 121 heavy (non-hydrogen) atoms. The SMILES string of the molecule is CC(C)C[C@H](NC(=O)[C@H](Cc1ccc(O)cc1)NC(=O)[C@@H](NC(=O)[C@H](CC(C)C)NC(=O)[C@@H](N)CCC(N)=O)C(C)C)C(=O)N[C@@H](CCC(N)=O)C(=O)N[C@@H](CCCNC(N)=O)C(=O)N[C@@H](CCCNC(N)=O)C(=O)N[C@@H](CCCNC(N)=O)C(=O)N[C@@H](CCCNC(=N)N)C(=O)N[C@@H](CCCNC(=N)N)C(=O)N[C@@H](Cc1ccc(O)cc1)C(=O)O. The lowest BCUT2D eigenvalue weighted by Gasteiger charge is -2.30. The van der Waals surface area contributed by atoms with E-state index in [1.54, 1.807) is 41.5 Å². The molecule has 0 bridgehead atoms. The molecule has 0 spiro atoms. The maximum absolute atomic E-state index is 14.9. The third kappa shape index (κ3) is 43.8. The van der Waals surface area contributed by atoms with Gasteiger partial charge < -0.3 is 146 Å². The molecular weight excluding hydrogens is 1580 g/mol. The number of phenolic OH excluding ortho intramolecular Hbond substituents is 2. The average molecular weight is 1710 g/mol. The summed E-state index contributed by atoms with van der Waals surface area (Å²) in [7, 11) is 0. The number of carbonyl (C=O) groups is 17. The number of carbonyl (C=O) groups excluding carboxylic acids is 16. The molecule has 0 saturated carbocycles. The van der Waals surface area contributed by atoms with Crippen molar-refractivity contribution in [2.24, 2.45) is 63.6 Å². The lowest BCUT2D eigenvalue weighted by Crippen LogP contribution is -2.61. The molecule has 0 heterocycles. The fourth-order valence-corrected chi connectivity index (χ4v) is 12.0. The lowest BCUT2D eigenvalue weighted by molar-refractivity contribution is -0.142. The summed E-state index contributed by atoms with van der Waals surface area (Å²) in [6.07, 6.45) is -4.18. The van der Waals surface area contributed by atoms with Crippen LogP contribution in [0.2, 0.25) is 0 Å². The van der Waals surface area contributed by atoms with E-state index in [2.05, 4.69) is 85.1 Å². The zero-order chi connectivity index (χ0) is 91.2. The summed E-state index contributed by atoms with van der Waals surface area (Å²) in [4.78, 5) is 232. The van der Waals surface area contributed by atoms with Gasteiger partial charge in [0, 0.05) is 58.4 Å². The second-order valence-corrected chi connectivity index (χ2v) is 30.1. The van der Waals surface area contributed by atoms with Gasteiger partial charge in [0.15, 0.2) is 11.9 Å². The molecule has 12 atom stereocenters. The van der Waals surface area contributed by atoms with Crippen LogP contribution in [0.3, 0.4) is 0 Å². The van der Waals surface area contributed by atoms with Crippen LogP contribution in [0.25, 0.3) is 0 Å². The fraction of sp³-hybridized carbons (Fsp3) is 0.587. The highest BCUT2D eigenvalue weighted by Crippen LogP contribution is 2.18. The Morgan fingerprint density at radius 2 is 0.579 bits per heavy atom. The Kier molecular flexibility index (Phi) is 47.1. The summed E-state index contributed by atoms with van der Waals surface area (Å²) in [6, 6.07) is -10.7. The molecule has 0 fully saturated rings. The van der Waals surface area contributed by atoms with Crippen LogP contribution in [0, 0.1) is 28.6 Å². The summed E-state index contributed by atoms with van der Waals surface area (Å²) in [5.74, 6) is -16.7. The van der Waals surface area contributed by atoms with Gasteiger partial charge in [-0.15, -0.1) is 0 Å². The zero-order valence-electron chi connectivity index (χ0n) is 68.9. The van der Waals surface area contributed by atoms with Gasteiger partial charge in [0.25, 0.3) is 0 Å². The van der Waals surface area contributed by atoms with Crippen molar-refractivity contribution in [1.29, 1.82) is 10.8 Å². The minimum atomic E-state index is -1.79. The Morgan fingerprint density at radius 1 is 0.322 bits per heavy atom. The molecule has 0 aromatic heterocycles. The van der Waals surface area contributed by atoms with E-state index < -0.39 is 216 Å². The number of aromatic hydroxyl groups is 2. The van der Waals surface area contributed by atoms with E-state index in [0.29, 0.717) is 11.1 Å². The summed E-state index contributed by atoms with van der Waals surface area (Å²) in [6.45, 7) is 9.38. The van der Waals surface area contributed by atoms with E-state index in [1.807, 2.05) is 0 Å². The number of benzene rings is 2. The molecular formula is C75H124N26O20. The minimum Gasteiger partial charge on any atom is -0.508 e. The fourth-order valence-electron chi connectivity index (χ4n) is 12.0. The number of rotatable bonds is 58. The first-order valence-corrected chi connectivity index (χ1v) is 39.6.